The Balaban J connectivity index is 2.39. The zero-order valence-electron chi connectivity index (χ0n) is 33.5. The molecule has 0 spiro atoms. The number of aliphatic hydroxyl groups is 4. The number of unbranched alkanes of at least 4 members (excludes halogenated alkanes) is 20. The highest BCUT2D eigenvalue weighted by molar-refractivity contribution is 5.70. The van der Waals surface area contributed by atoms with Gasteiger partial charge in [0.2, 0.25) is 0 Å². The molecule has 6 atom stereocenters. The highest BCUT2D eigenvalue weighted by atomic mass is 16.7. The summed E-state index contributed by atoms with van der Waals surface area (Å²) in [4.78, 5) is 25.2. The lowest BCUT2D eigenvalue weighted by Crippen LogP contribution is -2.59. The van der Waals surface area contributed by atoms with Crippen LogP contribution in [0.25, 0.3) is 0 Å². The van der Waals surface area contributed by atoms with Crippen LogP contribution < -0.4 is 0 Å². The predicted octanol–water partition coefficient (Wildman–Crippen LogP) is 8.55. The van der Waals surface area contributed by atoms with Crippen LogP contribution in [0.2, 0.25) is 0 Å². The van der Waals surface area contributed by atoms with E-state index in [-0.39, 0.29) is 26.1 Å². The third-order valence-electron chi connectivity index (χ3n) is 9.82. The highest BCUT2D eigenvalue weighted by Crippen LogP contribution is 2.22. The number of esters is 2. The Labute approximate surface area is 322 Å². The Kier molecular flexibility index (Phi) is 32.2. The van der Waals surface area contributed by atoms with Crippen LogP contribution in [0.4, 0.5) is 0 Å². The Hall–Kier alpha value is -1.82. The molecule has 1 saturated heterocycles. The maximum Gasteiger partial charge on any atom is 0.306 e. The van der Waals surface area contributed by atoms with E-state index in [1.54, 1.807) is 0 Å². The number of ether oxygens (including phenoxy) is 4. The summed E-state index contributed by atoms with van der Waals surface area (Å²) in [6.45, 7) is 3.36. The van der Waals surface area contributed by atoms with Crippen molar-refractivity contribution < 1.29 is 49.0 Å². The number of hydrogen-bond acceptors (Lipinski definition) is 10. The van der Waals surface area contributed by atoms with Gasteiger partial charge in [0.25, 0.3) is 0 Å². The molecule has 53 heavy (non-hydrogen) atoms. The van der Waals surface area contributed by atoms with E-state index in [0.29, 0.717) is 12.8 Å². The highest BCUT2D eigenvalue weighted by Gasteiger charge is 2.44. The van der Waals surface area contributed by atoms with Crippen molar-refractivity contribution in [3.63, 3.8) is 0 Å². The van der Waals surface area contributed by atoms with Crippen molar-refractivity contribution in [1.29, 1.82) is 0 Å². The second-order valence-electron chi connectivity index (χ2n) is 14.8. The van der Waals surface area contributed by atoms with Crippen LogP contribution in [0.5, 0.6) is 0 Å². The average molecular weight is 755 g/mol. The molecule has 1 fully saturated rings. The summed E-state index contributed by atoms with van der Waals surface area (Å²) in [5.74, 6) is -0.879. The third-order valence-corrected chi connectivity index (χ3v) is 9.82. The van der Waals surface area contributed by atoms with Crippen molar-refractivity contribution in [2.75, 3.05) is 19.8 Å². The van der Waals surface area contributed by atoms with Crippen molar-refractivity contribution in [1.82, 2.24) is 0 Å². The zero-order chi connectivity index (χ0) is 38.8. The van der Waals surface area contributed by atoms with E-state index in [9.17, 15) is 30.0 Å². The van der Waals surface area contributed by atoms with Gasteiger partial charge in [0.15, 0.2) is 12.4 Å². The normalized spacial score (nSPS) is 21.1. The SMILES string of the molecule is CCCCCCCC/C=C/CCCCCC(=O)OC[C@H](CO[C@@H]1O[C@H](CO)[C@H](O)C(O)C1O)OC(=O)CC/C=C/CCCCCCCCCCCCC. The number of carbonyl (C=O) groups excluding carboxylic acids is 2. The molecule has 0 bridgehead atoms. The van der Waals surface area contributed by atoms with Crippen molar-refractivity contribution in [3.8, 4) is 0 Å². The molecule has 310 valence electrons. The molecule has 1 heterocycles. The van der Waals surface area contributed by atoms with E-state index in [4.69, 9.17) is 18.9 Å². The Morgan fingerprint density at radius 1 is 0.566 bits per heavy atom. The third kappa shape index (κ3) is 26.6. The number of carbonyl (C=O) groups is 2. The molecule has 0 radical (unpaired) electrons. The molecule has 0 aromatic carbocycles. The minimum atomic E-state index is -1.60. The standard InChI is InChI=1S/C43H78O10/c1-3-5-7-9-11-13-15-17-18-20-22-24-26-28-30-32-39(46)52-36(35-51-43-42(49)41(48)40(47)37(33-44)53-43)34-50-38(45)31-29-27-25-23-21-19-16-14-12-10-8-6-4-2/h19,21,26,28,36-37,40-44,47-49H,3-18,20,22-25,27,29-35H2,1-2H3/b21-19+,28-26+/t36-,37-,40+,41?,42?,43-/m1/s1. The summed E-state index contributed by atoms with van der Waals surface area (Å²) in [5, 5.41) is 40.0. The van der Waals surface area contributed by atoms with Crippen molar-refractivity contribution in [2.45, 2.75) is 218 Å². The van der Waals surface area contributed by atoms with E-state index < -0.39 is 55.4 Å². The van der Waals surface area contributed by atoms with Crippen LogP contribution in [0.3, 0.4) is 0 Å². The van der Waals surface area contributed by atoms with Gasteiger partial charge in [-0.1, -0.05) is 141 Å². The first-order chi connectivity index (χ1) is 25.8. The van der Waals surface area contributed by atoms with Crippen molar-refractivity contribution >= 4 is 11.9 Å². The quantitative estimate of drug-likeness (QED) is 0.0281. The minimum absolute atomic E-state index is 0.145. The molecule has 2 unspecified atom stereocenters. The summed E-state index contributed by atoms with van der Waals surface area (Å²) < 4.78 is 22.0. The first-order valence-electron chi connectivity index (χ1n) is 21.4. The molecule has 1 aliphatic rings. The second kappa shape index (κ2) is 34.7. The number of hydrogen-bond donors (Lipinski definition) is 4. The maximum atomic E-state index is 12.7. The molecule has 10 heteroatoms. The predicted molar refractivity (Wildman–Crippen MR) is 210 cm³/mol. The molecule has 0 saturated carbocycles. The van der Waals surface area contributed by atoms with E-state index in [1.807, 2.05) is 6.08 Å². The van der Waals surface area contributed by atoms with Gasteiger partial charge in [0.1, 0.15) is 31.0 Å². The molecule has 0 amide bonds. The summed E-state index contributed by atoms with van der Waals surface area (Å²) in [6.07, 6.45) is 29.1. The molecular formula is C43H78O10. The van der Waals surface area contributed by atoms with E-state index >= 15 is 0 Å². The van der Waals surface area contributed by atoms with E-state index in [2.05, 4.69) is 32.1 Å². The van der Waals surface area contributed by atoms with Crippen molar-refractivity contribution in [3.05, 3.63) is 24.3 Å². The Morgan fingerprint density at radius 2 is 1.04 bits per heavy atom. The van der Waals surface area contributed by atoms with Gasteiger partial charge < -0.3 is 39.4 Å². The lowest BCUT2D eigenvalue weighted by Gasteiger charge is -2.39. The maximum absolute atomic E-state index is 12.7. The molecule has 4 N–H and O–H groups in total. The van der Waals surface area contributed by atoms with Crippen LogP contribution in [0.15, 0.2) is 24.3 Å². The van der Waals surface area contributed by atoms with Crippen molar-refractivity contribution in [2.24, 2.45) is 0 Å². The summed E-state index contributed by atoms with van der Waals surface area (Å²) in [5.41, 5.74) is 0. The molecule has 0 aliphatic carbocycles. The molecule has 1 rings (SSSR count). The second-order valence-corrected chi connectivity index (χ2v) is 14.8. The van der Waals surface area contributed by atoms with Gasteiger partial charge in [0, 0.05) is 12.8 Å². The first kappa shape index (κ1) is 49.2. The van der Waals surface area contributed by atoms with Crippen LogP contribution in [0.1, 0.15) is 181 Å². The summed E-state index contributed by atoms with van der Waals surface area (Å²) in [7, 11) is 0. The minimum Gasteiger partial charge on any atom is -0.462 e. The zero-order valence-corrected chi connectivity index (χ0v) is 33.5. The topological polar surface area (TPSA) is 152 Å². The molecule has 1 aliphatic heterocycles. The van der Waals surface area contributed by atoms with Crippen LogP contribution in [-0.4, -0.2) is 89.0 Å². The van der Waals surface area contributed by atoms with Crippen LogP contribution in [0, 0.1) is 0 Å². The summed E-state index contributed by atoms with van der Waals surface area (Å²) in [6, 6.07) is 0. The molecule has 0 aromatic heterocycles. The Morgan fingerprint density at radius 3 is 1.55 bits per heavy atom. The van der Waals surface area contributed by atoms with Gasteiger partial charge in [-0.05, 0) is 51.4 Å². The fourth-order valence-corrected chi connectivity index (χ4v) is 6.38. The van der Waals surface area contributed by atoms with E-state index in [1.165, 1.54) is 103 Å². The first-order valence-corrected chi connectivity index (χ1v) is 21.4. The Bertz CT molecular complexity index is 923. The lowest BCUT2D eigenvalue weighted by atomic mass is 9.99. The average Bonchev–Trinajstić information content (AvgIpc) is 3.15. The number of allylic oxidation sites excluding steroid dienone is 4. The fraction of sp³-hybridized carbons (Fsp3) is 0.860. The molecular weight excluding hydrogens is 676 g/mol. The monoisotopic (exact) mass is 755 g/mol. The lowest BCUT2D eigenvalue weighted by molar-refractivity contribution is -0.305. The number of aliphatic hydroxyl groups excluding tert-OH is 4. The van der Waals surface area contributed by atoms with Gasteiger partial charge in [-0.3, -0.25) is 9.59 Å². The van der Waals surface area contributed by atoms with Gasteiger partial charge >= 0.3 is 11.9 Å². The number of rotatable bonds is 35. The van der Waals surface area contributed by atoms with Gasteiger partial charge in [-0.2, -0.15) is 0 Å². The molecule has 0 aromatic rings. The van der Waals surface area contributed by atoms with Gasteiger partial charge in [-0.25, -0.2) is 0 Å². The largest absolute Gasteiger partial charge is 0.462 e. The fourth-order valence-electron chi connectivity index (χ4n) is 6.38. The van der Waals surface area contributed by atoms with Crippen LogP contribution in [-0.2, 0) is 28.5 Å². The summed E-state index contributed by atoms with van der Waals surface area (Å²) >= 11 is 0. The van der Waals surface area contributed by atoms with Gasteiger partial charge in [-0.15, -0.1) is 0 Å². The van der Waals surface area contributed by atoms with Crippen LogP contribution >= 0.6 is 0 Å². The molecule has 10 nitrogen and oxygen atoms in total. The van der Waals surface area contributed by atoms with E-state index in [0.717, 1.165) is 38.5 Å². The smallest absolute Gasteiger partial charge is 0.306 e. The van der Waals surface area contributed by atoms with Gasteiger partial charge in [0.05, 0.1) is 13.2 Å².